The van der Waals surface area contributed by atoms with Gasteiger partial charge in [-0.1, -0.05) is 0 Å². The molecule has 3 aromatic rings. The van der Waals surface area contributed by atoms with E-state index in [1.54, 1.807) is 6.92 Å². The summed E-state index contributed by atoms with van der Waals surface area (Å²) in [4.78, 5) is 28.0. The van der Waals surface area contributed by atoms with E-state index in [1.807, 2.05) is 22.2 Å². The topological polar surface area (TPSA) is 96.8 Å². The summed E-state index contributed by atoms with van der Waals surface area (Å²) in [5.74, 6) is -0.506. The van der Waals surface area contributed by atoms with E-state index in [0.29, 0.717) is 17.2 Å². The summed E-state index contributed by atoms with van der Waals surface area (Å²) in [6.07, 6.45) is 3.86. The number of carbonyl (C=O) groups is 2. The molecule has 3 rings (SSSR count). The molecule has 0 spiro atoms. The quantitative estimate of drug-likeness (QED) is 0.748. The number of hydrogen-bond donors (Lipinski definition) is 2. The van der Waals surface area contributed by atoms with E-state index in [1.165, 1.54) is 17.4 Å². The molecular formula is C14H13N3O4S. The number of aromatic nitrogens is 2. The predicted molar refractivity (Wildman–Crippen MR) is 79.0 cm³/mol. The predicted octanol–water partition coefficient (Wildman–Crippen LogP) is 1.85. The van der Waals surface area contributed by atoms with Gasteiger partial charge in [0.2, 0.25) is 5.91 Å². The van der Waals surface area contributed by atoms with Gasteiger partial charge in [0.25, 0.3) is 0 Å². The number of hydrogen-bond acceptors (Lipinski definition) is 5. The van der Waals surface area contributed by atoms with Crippen molar-refractivity contribution in [2.24, 2.45) is 0 Å². The first-order chi connectivity index (χ1) is 10.5. The molecule has 0 aliphatic rings. The maximum Gasteiger partial charge on any atom is 0.339 e. The van der Waals surface area contributed by atoms with Crippen LogP contribution in [0.2, 0.25) is 0 Å². The number of aromatic carboxylic acids is 1. The molecule has 2 N–H and O–H groups in total. The highest BCUT2D eigenvalue weighted by Gasteiger charge is 2.14. The van der Waals surface area contributed by atoms with Crippen LogP contribution in [-0.2, 0) is 17.8 Å². The third kappa shape index (κ3) is 2.86. The van der Waals surface area contributed by atoms with Crippen molar-refractivity contribution in [2.45, 2.75) is 19.9 Å². The van der Waals surface area contributed by atoms with E-state index in [-0.39, 0.29) is 24.4 Å². The average Bonchev–Trinajstić information content (AvgIpc) is 3.10. The van der Waals surface area contributed by atoms with Gasteiger partial charge in [-0.05, 0) is 13.0 Å². The van der Waals surface area contributed by atoms with Gasteiger partial charge in [-0.3, -0.25) is 9.20 Å². The van der Waals surface area contributed by atoms with Crippen LogP contribution in [0.1, 0.15) is 27.6 Å². The van der Waals surface area contributed by atoms with Crippen LogP contribution in [0, 0.1) is 6.92 Å². The number of furan rings is 1. The molecule has 0 atom stereocenters. The highest BCUT2D eigenvalue weighted by Crippen LogP contribution is 2.15. The molecular weight excluding hydrogens is 306 g/mol. The SMILES string of the molecule is Cc1oc(CNC(=O)Cc2cn3ccsc3n2)cc1C(=O)O. The van der Waals surface area contributed by atoms with Gasteiger partial charge >= 0.3 is 5.97 Å². The van der Waals surface area contributed by atoms with E-state index >= 15 is 0 Å². The number of fused-ring (bicyclic) bond motifs is 1. The number of nitrogens with one attached hydrogen (secondary N) is 1. The van der Waals surface area contributed by atoms with Crippen LogP contribution in [0.25, 0.3) is 4.96 Å². The number of carbonyl (C=O) groups excluding carboxylic acids is 1. The monoisotopic (exact) mass is 319 g/mol. The molecule has 114 valence electrons. The molecule has 0 radical (unpaired) electrons. The summed E-state index contributed by atoms with van der Waals surface area (Å²) >= 11 is 1.50. The van der Waals surface area contributed by atoms with Crippen molar-refractivity contribution in [1.82, 2.24) is 14.7 Å². The van der Waals surface area contributed by atoms with Crippen LogP contribution in [0.3, 0.4) is 0 Å². The zero-order valence-electron chi connectivity index (χ0n) is 11.7. The minimum Gasteiger partial charge on any atom is -0.478 e. The van der Waals surface area contributed by atoms with Crippen molar-refractivity contribution in [3.8, 4) is 0 Å². The highest BCUT2D eigenvalue weighted by atomic mass is 32.1. The Hall–Kier alpha value is -2.61. The molecule has 0 aromatic carbocycles. The first-order valence-corrected chi connectivity index (χ1v) is 7.41. The van der Waals surface area contributed by atoms with E-state index in [0.717, 1.165) is 4.96 Å². The molecule has 0 unspecified atom stereocenters. The minimum absolute atomic E-state index is 0.110. The smallest absolute Gasteiger partial charge is 0.339 e. The van der Waals surface area contributed by atoms with Crippen LogP contribution >= 0.6 is 11.3 Å². The van der Waals surface area contributed by atoms with Gasteiger partial charge in [-0.2, -0.15) is 0 Å². The van der Waals surface area contributed by atoms with Crippen molar-refractivity contribution in [3.05, 3.63) is 46.6 Å². The van der Waals surface area contributed by atoms with Crippen LogP contribution in [0.4, 0.5) is 0 Å². The van der Waals surface area contributed by atoms with Gasteiger partial charge in [-0.25, -0.2) is 9.78 Å². The summed E-state index contributed by atoms with van der Waals surface area (Å²) in [7, 11) is 0. The summed E-state index contributed by atoms with van der Waals surface area (Å²) in [5.41, 5.74) is 0.796. The lowest BCUT2D eigenvalue weighted by Crippen LogP contribution is -2.24. The summed E-state index contributed by atoms with van der Waals surface area (Å²) in [6.45, 7) is 1.72. The van der Waals surface area contributed by atoms with E-state index in [2.05, 4.69) is 10.3 Å². The molecule has 0 aliphatic carbocycles. The van der Waals surface area contributed by atoms with Crippen molar-refractivity contribution >= 4 is 28.2 Å². The Labute approximate surface area is 129 Å². The van der Waals surface area contributed by atoms with Gasteiger partial charge in [0.1, 0.15) is 17.1 Å². The van der Waals surface area contributed by atoms with Crippen LogP contribution in [-0.4, -0.2) is 26.4 Å². The number of carboxylic acid groups (broad SMARTS) is 1. The Balaban J connectivity index is 1.59. The van der Waals surface area contributed by atoms with Crippen molar-refractivity contribution in [1.29, 1.82) is 0 Å². The summed E-state index contributed by atoms with van der Waals surface area (Å²) in [5, 5.41) is 13.6. The molecule has 7 nitrogen and oxygen atoms in total. The highest BCUT2D eigenvalue weighted by molar-refractivity contribution is 7.15. The second-order valence-electron chi connectivity index (χ2n) is 4.77. The number of nitrogens with zero attached hydrogens (tertiary/aromatic N) is 2. The molecule has 1 amide bonds. The Bertz CT molecular complexity index is 817. The summed E-state index contributed by atoms with van der Waals surface area (Å²) < 4.78 is 7.16. The van der Waals surface area contributed by atoms with Gasteiger partial charge in [0.15, 0.2) is 4.96 Å². The molecule has 0 bridgehead atoms. The number of amides is 1. The fourth-order valence-corrected chi connectivity index (χ4v) is 2.84. The first kappa shape index (κ1) is 14.3. The second-order valence-corrected chi connectivity index (χ2v) is 5.64. The second kappa shape index (κ2) is 5.64. The van der Waals surface area contributed by atoms with E-state index < -0.39 is 5.97 Å². The van der Waals surface area contributed by atoms with Crippen LogP contribution in [0.15, 0.2) is 28.3 Å². The zero-order valence-corrected chi connectivity index (χ0v) is 12.5. The molecule has 22 heavy (non-hydrogen) atoms. The molecule has 0 fully saturated rings. The lowest BCUT2D eigenvalue weighted by Gasteiger charge is -2.01. The number of carboxylic acids is 1. The number of thiazole rings is 1. The molecule has 8 heteroatoms. The maximum absolute atomic E-state index is 11.9. The fourth-order valence-electron chi connectivity index (χ4n) is 2.12. The Morgan fingerprint density at radius 3 is 3.00 bits per heavy atom. The summed E-state index contributed by atoms with van der Waals surface area (Å²) in [6, 6.07) is 1.42. The molecule has 3 heterocycles. The lowest BCUT2D eigenvalue weighted by molar-refractivity contribution is -0.120. The largest absolute Gasteiger partial charge is 0.478 e. The zero-order chi connectivity index (χ0) is 15.7. The lowest BCUT2D eigenvalue weighted by atomic mass is 10.2. The number of aryl methyl sites for hydroxylation is 1. The Morgan fingerprint density at radius 2 is 2.32 bits per heavy atom. The minimum atomic E-state index is -1.04. The number of imidazole rings is 1. The average molecular weight is 319 g/mol. The van der Waals surface area contributed by atoms with Crippen molar-refractivity contribution in [3.63, 3.8) is 0 Å². The van der Waals surface area contributed by atoms with E-state index in [9.17, 15) is 9.59 Å². The third-order valence-electron chi connectivity index (χ3n) is 3.14. The molecule has 3 aromatic heterocycles. The van der Waals surface area contributed by atoms with E-state index in [4.69, 9.17) is 9.52 Å². The molecule has 0 saturated carbocycles. The van der Waals surface area contributed by atoms with Crippen molar-refractivity contribution < 1.29 is 19.1 Å². The molecule has 0 saturated heterocycles. The van der Waals surface area contributed by atoms with Gasteiger partial charge in [-0.15, -0.1) is 11.3 Å². The van der Waals surface area contributed by atoms with Crippen LogP contribution in [0.5, 0.6) is 0 Å². The maximum atomic E-state index is 11.9. The van der Waals surface area contributed by atoms with Gasteiger partial charge in [0.05, 0.1) is 18.7 Å². The number of rotatable bonds is 5. The normalized spacial score (nSPS) is 11.0. The van der Waals surface area contributed by atoms with Gasteiger partial charge in [0, 0.05) is 17.8 Å². The first-order valence-electron chi connectivity index (χ1n) is 6.53. The van der Waals surface area contributed by atoms with Crippen LogP contribution < -0.4 is 5.32 Å². The van der Waals surface area contributed by atoms with Crippen molar-refractivity contribution in [2.75, 3.05) is 0 Å². The third-order valence-corrected chi connectivity index (χ3v) is 3.91. The van der Waals surface area contributed by atoms with Gasteiger partial charge < -0.3 is 14.8 Å². The Kier molecular flexibility index (Phi) is 3.68. The molecule has 0 aliphatic heterocycles. The fraction of sp³-hybridized carbons (Fsp3) is 0.214. The Morgan fingerprint density at radius 1 is 1.50 bits per heavy atom. The standard InChI is InChI=1S/C14H13N3O4S/c1-8-11(13(19)20)5-10(21-8)6-15-12(18)4-9-7-17-2-3-22-14(17)16-9/h2-3,5,7H,4,6H2,1H3,(H,15,18)(H,19,20).